The monoisotopic (exact) mass is 385 g/mol. The van der Waals surface area contributed by atoms with Crippen molar-refractivity contribution in [1.29, 1.82) is 0 Å². The van der Waals surface area contributed by atoms with E-state index in [4.69, 9.17) is 0 Å². The maximum atomic E-state index is 13.2. The van der Waals surface area contributed by atoms with Gasteiger partial charge in [0.15, 0.2) is 0 Å². The average molecular weight is 386 g/mol. The van der Waals surface area contributed by atoms with Crippen LogP contribution in [-0.4, -0.2) is 35.7 Å². The Hall–Kier alpha value is -2.48. The van der Waals surface area contributed by atoms with Crippen LogP contribution in [0.25, 0.3) is 0 Å². The van der Waals surface area contributed by atoms with E-state index in [1.54, 1.807) is 12.1 Å². The Labute approximate surface area is 152 Å². The molecule has 5 nitrogen and oxygen atoms in total. The summed E-state index contributed by atoms with van der Waals surface area (Å²) in [7, 11) is 0. The first-order valence-electron chi connectivity index (χ1n) is 7.82. The van der Waals surface area contributed by atoms with Gasteiger partial charge in [-0.05, 0) is 42.8 Å². The molecule has 0 radical (unpaired) electrons. The van der Waals surface area contributed by atoms with Crippen molar-refractivity contribution in [2.45, 2.75) is 18.2 Å². The van der Waals surface area contributed by atoms with Gasteiger partial charge in [0.25, 0.3) is 5.91 Å². The highest BCUT2D eigenvalue weighted by atomic mass is 35.5. The molecule has 1 saturated heterocycles. The normalized spacial score (nSPS) is 17.2. The van der Waals surface area contributed by atoms with E-state index in [1.165, 1.54) is 30.5 Å². The van der Waals surface area contributed by atoms with Gasteiger partial charge in [-0.25, -0.2) is 9.37 Å². The molecule has 1 amide bonds. The molecule has 9 heteroatoms. The first kappa shape index (κ1) is 18.3. The zero-order valence-corrected chi connectivity index (χ0v) is 14.2. The van der Waals surface area contributed by atoms with E-state index in [2.05, 4.69) is 26.6 Å². The number of nitrogens with zero attached hydrogens (tertiary/aromatic N) is 2. The van der Waals surface area contributed by atoms with Crippen LogP contribution in [0.3, 0.4) is 0 Å². The fourth-order valence-corrected chi connectivity index (χ4v) is 2.67. The molecule has 3 rings (SSSR count). The number of ether oxygens (including phenoxy) is 1. The molecule has 1 aromatic carbocycles. The second kappa shape index (κ2) is 7.41. The Morgan fingerprint density at radius 3 is 2.54 bits per heavy atom. The third-order valence-electron chi connectivity index (χ3n) is 3.81. The molecule has 0 aliphatic carbocycles. The van der Waals surface area contributed by atoms with Crippen LogP contribution in [0, 0.1) is 0 Å². The largest absolute Gasteiger partial charge is 0.487 e. The van der Waals surface area contributed by atoms with Crippen molar-refractivity contribution < 1.29 is 22.7 Å². The van der Waals surface area contributed by atoms with Gasteiger partial charge < -0.3 is 15.0 Å². The van der Waals surface area contributed by atoms with Crippen molar-refractivity contribution in [2.75, 3.05) is 23.3 Å². The van der Waals surface area contributed by atoms with Gasteiger partial charge in [-0.15, -0.1) is 8.78 Å². The summed E-state index contributed by atoms with van der Waals surface area (Å²) in [6.45, 7) is 0.893. The number of hydrogen-bond donors (Lipinski definition) is 1. The molecular formula is C17H15ClF3N3O2. The number of rotatable bonds is 5. The number of aromatic nitrogens is 1. The predicted molar refractivity (Wildman–Crippen MR) is 91.8 cm³/mol. The number of nitrogens with one attached hydrogen (secondary N) is 1. The summed E-state index contributed by atoms with van der Waals surface area (Å²) in [5, 5.41) is 2.62. The number of hydrogen-bond acceptors (Lipinski definition) is 4. The molecule has 0 spiro atoms. The van der Waals surface area contributed by atoms with Gasteiger partial charge in [0.05, 0.1) is 12.1 Å². The molecule has 1 aromatic heterocycles. The van der Waals surface area contributed by atoms with Crippen molar-refractivity contribution in [2.24, 2.45) is 0 Å². The second-order valence-electron chi connectivity index (χ2n) is 5.76. The minimum absolute atomic E-state index is 0.134. The summed E-state index contributed by atoms with van der Waals surface area (Å²) in [4.78, 5) is 18.2. The number of amides is 1. The third kappa shape index (κ3) is 4.78. The molecule has 1 aliphatic heterocycles. The lowest BCUT2D eigenvalue weighted by molar-refractivity contribution is -0.0964. The molecular weight excluding hydrogens is 371 g/mol. The molecule has 0 unspecified atom stereocenters. The summed E-state index contributed by atoms with van der Waals surface area (Å²) in [6, 6.07) is 8.58. The summed E-state index contributed by atoms with van der Waals surface area (Å²) in [6.07, 6.45) is 1.02. The van der Waals surface area contributed by atoms with Gasteiger partial charge in [-0.3, -0.25) is 4.79 Å². The SMILES string of the molecule is O=C(Nc1ccc(OC(F)(F)Cl)cc1)c1ccc(N2CC[C@@H](F)C2)nc1. The third-order valence-corrected chi connectivity index (χ3v) is 3.89. The first-order chi connectivity index (χ1) is 12.3. The predicted octanol–water partition coefficient (Wildman–Crippen LogP) is 4.05. The Morgan fingerprint density at radius 1 is 1.27 bits per heavy atom. The maximum Gasteiger partial charge on any atom is 0.487 e. The van der Waals surface area contributed by atoms with Crippen molar-refractivity contribution in [3.8, 4) is 5.75 Å². The van der Waals surface area contributed by atoms with Gasteiger partial charge in [0, 0.05) is 30.0 Å². The summed E-state index contributed by atoms with van der Waals surface area (Å²) in [5.41, 5.74) is -3.09. The van der Waals surface area contributed by atoms with E-state index < -0.39 is 17.6 Å². The molecule has 26 heavy (non-hydrogen) atoms. The Bertz CT molecular complexity index is 766. The van der Waals surface area contributed by atoms with Gasteiger partial charge >= 0.3 is 5.57 Å². The number of carbonyl (C=O) groups excluding carboxylic acids is 1. The van der Waals surface area contributed by atoms with Crippen LogP contribution in [0.15, 0.2) is 42.6 Å². The van der Waals surface area contributed by atoms with Gasteiger partial charge in [-0.2, -0.15) is 0 Å². The lowest BCUT2D eigenvalue weighted by Crippen LogP contribution is -2.21. The topological polar surface area (TPSA) is 54.5 Å². The molecule has 138 valence electrons. The Morgan fingerprint density at radius 2 is 2.00 bits per heavy atom. The zero-order valence-electron chi connectivity index (χ0n) is 13.5. The smallest absolute Gasteiger partial charge is 0.420 e. The minimum Gasteiger partial charge on any atom is -0.420 e. The number of benzene rings is 1. The molecule has 1 N–H and O–H groups in total. The summed E-state index contributed by atoms with van der Waals surface area (Å²) in [5.74, 6) is 0.0705. The van der Waals surface area contributed by atoms with Crippen LogP contribution in [0.5, 0.6) is 5.75 Å². The Kier molecular flexibility index (Phi) is 5.22. The van der Waals surface area contributed by atoms with Gasteiger partial charge in [0.2, 0.25) is 0 Å². The number of halogens is 4. The van der Waals surface area contributed by atoms with Crippen LogP contribution in [0.1, 0.15) is 16.8 Å². The second-order valence-corrected chi connectivity index (χ2v) is 6.20. The molecule has 1 aliphatic rings. The van der Waals surface area contributed by atoms with Crippen LogP contribution < -0.4 is 15.0 Å². The number of anilines is 2. The molecule has 2 aromatic rings. The molecule has 2 heterocycles. The summed E-state index contributed by atoms with van der Waals surface area (Å²) >= 11 is 4.68. The number of carbonyl (C=O) groups is 1. The van der Waals surface area contributed by atoms with Crippen LogP contribution >= 0.6 is 11.6 Å². The Balaban J connectivity index is 1.61. The minimum atomic E-state index is -3.80. The fraction of sp³-hybridized carbons (Fsp3) is 0.294. The molecule has 1 atom stereocenters. The van der Waals surface area contributed by atoms with E-state index in [-0.39, 0.29) is 5.75 Å². The van der Waals surface area contributed by atoms with Crippen molar-refractivity contribution in [3.63, 3.8) is 0 Å². The van der Waals surface area contributed by atoms with Crippen molar-refractivity contribution in [3.05, 3.63) is 48.2 Å². The first-order valence-corrected chi connectivity index (χ1v) is 8.20. The van der Waals surface area contributed by atoms with E-state index in [1.807, 2.05) is 4.90 Å². The lowest BCUT2D eigenvalue weighted by atomic mass is 10.2. The van der Waals surface area contributed by atoms with Crippen LogP contribution in [0.2, 0.25) is 0 Å². The van der Waals surface area contributed by atoms with Crippen LogP contribution in [0.4, 0.5) is 24.7 Å². The molecule has 1 fully saturated rings. The molecule has 0 bridgehead atoms. The maximum absolute atomic E-state index is 13.2. The highest BCUT2D eigenvalue weighted by molar-refractivity contribution is 6.20. The van der Waals surface area contributed by atoms with Crippen LogP contribution in [-0.2, 0) is 0 Å². The molecule has 0 saturated carbocycles. The van der Waals surface area contributed by atoms with Crippen molar-refractivity contribution in [1.82, 2.24) is 4.98 Å². The van der Waals surface area contributed by atoms with Gasteiger partial charge in [-0.1, -0.05) is 0 Å². The van der Waals surface area contributed by atoms with E-state index >= 15 is 0 Å². The number of alkyl halides is 4. The lowest BCUT2D eigenvalue weighted by Gasteiger charge is -2.16. The summed E-state index contributed by atoms with van der Waals surface area (Å²) < 4.78 is 42.5. The highest BCUT2D eigenvalue weighted by Gasteiger charge is 2.27. The fourth-order valence-electron chi connectivity index (χ4n) is 2.58. The quantitative estimate of drug-likeness (QED) is 0.789. The highest BCUT2D eigenvalue weighted by Crippen LogP contribution is 2.26. The van der Waals surface area contributed by atoms with E-state index in [0.717, 1.165) is 0 Å². The van der Waals surface area contributed by atoms with E-state index in [9.17, 15) is 18.0 Å². The van der Waals surface area contributed by atoms with Crippen molar-refractivity contribution >= 4 is 29.0 Å². The zero-order chi connectivity index (χ0) is 18.7. The number of pyridine rings is 1. The van der Waals surface area contributed by atoms with E-state index in [0.29, 0.717) is 36.6 Å². The standard InChI is InChI=1S/C17H15ClF3N3O2/c18-17(20,21)26-14-4-2-13(3-5-14)23-16(25)11-1-6-15(22-9-11)24-8-7-12(19)10-24/h1-6,9,12H,7-8,10H2,(H,23,25)/t12-/m1/s1. The average Bonchev–Trinajstić information content (AvgIpc) is 3.02. The van der Waals surface area contributed by atoms with Gasteiger partial charge in [0.1, 0.15) is 17.7 Å².